The quantitative estimate of drug-likeness (QED) is 0.735. The van der Waals surface area contributed by atoms with Gasteiger partial charge in [-0.1, -0.05) is 6.92 Å². The number of nitrogens with zero attached hydrogens (tertiary/aromatic N) is 1. The minimum absolute atomic E-state index is 0.0137. The molecule has 0 aromatic carbocycles. The van der Waals surface area contributed by atoms with Gasteiger partial charge in [-0.25, -0.2) is 0 Å². The molecule has 1 N–H and O–H groups in total. The summed E-state index contributed by atoms with van der Waals surface area (Å²) in [5.74, 6) is 2.04. The zero-order chi connectivity index (χ0) is 15.9. The molecule has 4 saturated carbocycles. The SMILES string of the molecule is C[C@]12C[C@H]3O[C@@H](O1)[C@H]1[C@]4(C[C@H]5[C@@H]6[C@@]7(C)C[C@H](O)C[C@]61[C@@H]([C@@H]34)N5C7)C2. The van der Waals surface area contributed by atoms with Gasteiger partial charge in [0, 0.05) is 42.3 Å². The fraction of sp³-hybridized carbons (Fsp3) is 1.00. The highest BCUT2D eigenvalue weighted by Crippen LogP contribution is 2.87. The van der Waals surface area contributed by atoms with Gasteiger partial charge < -0.3 is 14.6 Å². The minimum atomic E-state index is -0.115. The lowest BCUT2D eigenvalue weighted by atomic mass is 9.42. The van der Waals surface area contributed by atoms with Crippen LogP contribution in [0.2, 0.25) is 0 Å². The predicted octanol–water partition coefficient (Wildman–Crippen LogP) is 1.76. The molecule has 13 atom stereocenters. The zero-order valence-electron chi connectivity index (χ0n) is 14.6. The van der Waals surface area contributed by atoms with Crippen molar-refractivity contribution in [2.45, 2.75) is 82.1 Å². The average Bonchev–Trinajstić information content (AvgIpc) is 2.86. The van der Waals surface area contributed by atoms with E-state index < -0.39 is 0 Å². The van der Waals surface area contributed by atoms with Crippen LogP contribution in [0.1, 0.15) is 46.0 Å². The number of rotatable bonds is 0. The molecule has 6 saturated heterocycles. The summed E-state index contributed by atoms with van der Waals surface area (Å²) in [6.45, 7) is 6.04. The molecule has 0 aromatic heterocycles. The van der Waals surface area contributed by atoms with Crippen LogP contribution >= 0.6 is 0 Å². The van der Waals surface area contributed by atoms with Crippen molar-refractivity contribution in [1.29, 1.82) is 0 Å². The van der Waals surface area contributed by atoms with Gasteiger partial charge in [0.1, 0.15) is 0 Å². The Morgan fingerprint density at radius 1 is 1.08 bits per heavy atom. The fourth-order valence-electron chi connectivity index (χ4n) is 11.1. The van der Waals surface area contributed by atoms with Crippen molar-refractivity contribution < 1.29 is 14.6 Å². The molecule has 6 aliphatic heterocycles. The van der Waals surface area contributed by atoms with Crippen LogP contribution < -0.4 is 0 Å². The lowest BCUT2D eigenvalue weighted by Crippen LogP contribution is -2.72. The molecule has 130 valence electrons. The third-order valence-electron chi connectivity index (χ3n) is 10.4. The van der Waals surface area contributed by atoms with Crippen LogP contribution in [0.25, 0.3) is 0 Å². The molecule has 2 spiro atoms. The highest BCUT2D eigenvalue weighted by atomic mass is 16.7. The van der Waals surface area contributed by atoms with E-state index in [0.717, 1.165) is 31.2 Å². The molecule has 4 heteroatoms. The summed E-state index contributed by atoms with van der Waals surface area (Å²) in [7, 11) is 0. The molecule has 10 rings (SSSR count). The molecule has 4 aliphatic carbocycles. The number of aliphatic hydroxyl groups is 1. The Bertz CT molecular complexity index is 713. The summed E-state index contributed by atoms with van der Waals surface area (Å²) in [5, 5.41) is 10.9. The number of aliphatic hydroxyl groups excluding tert-OH is 1. The smallest absolute Gasteiger partial charge is 0.162 e. The van der Waals surface area contributed by atoms with Gasteiger partial charge in [-0.3, -0.25) is 4.90 Å². The van der Waals surface area contributed by atoms with Crippen molar-refractivity contribution in [1.82, 2.24) is 4.90 Å². The summed E-state index contributed by atoms with van der Waals surface area (Å²) < 4.78 is 13.1. The van der Waals surface area contributed by atoms with E-state index in [1.165, 1.54) is 19.4 Å². The third kappa shape index (κ3) is 0.952. The lowest BCUT2D eigenvalue weighted by Gasteiger charge is -2.69. The molecular weight excluding hydrogens is 302 g/mol. The first-order valence-electron chi connectivity index (χ1n) is 10.2. The van der Waals surface area contributed by atoms with E-state index in [2.05, 4.69) is 18.7 Å². The van der Waals surface area contributed by atoms with E-state index in [1.54, 1.807) is 0 Å². The Labute approximate surface area is 142 Å². The summed E-state index contributed by atoms with van der Waals surface area (Å²) in [4.78, 5) is 2.92. The maximum atomic E-state index is 10.9. The molecule has 10 aliphatic rings. The van der Waals surface area contributed by atoms with Gasteiger partial charge in [0.2, 0.25) is 0 Å². The highest BCUT2D eigenvalue weighted by molar-refractivity contribution is 5.39. The molecule has 11 bridgehead atoms. The average molecular weight is 329 g/mol. The van der Waals surface area contributed by atoms with Crippen molar-refractivity contribution in [3.8, 4) is 0 Å². The number of ether oxygens (including phenoxy) is 2. The number of hydrogen-bond acceptors (Lipinski definition) is 4. The largest absolute Gasteiger partial charge is 0.393 e. The Kier molecular flexibility index (Phi) is 1.71. The van der Waals surface area contributed by atoms with Gasteiger partial charge in [0.05, 0.1) is 17.8 Å². The van der Waals surface area contributed by atoms with E-state index in [9.17, 15) is 5.11 Å². The first kappa shape index (κ1) is 13.1. The standard InChI is InChI=1S/C20H27NO3/c1-17-3-9(22)4-20-13(17)10-5-19-7-18(2)6-11(23-16(24-18)14(19)20)12(19)15(20)21(10)8-17/h9-16,22H,3-8H2,1-2H3/t9-,10-,11+,12+,13+,14-,15+,16-,17-,18+,19+,20-/m0/s1. The van der Waals surface area contributed by atoms with Gasteiger partial charge in [-0.2, -0.15) is 0 Å². The molecule has 1 unspecified atom stereocenters. The van der Waals surface area contributed by atoms with Gasteiger partial charge in [0.15, 0.2) is 6.29 Å². The van der Waals surface area contributed by atoms with Crippen LogP contribution in [0.3, 0.4) is 0 Å². The zero-order valence-corrected chi connectivity index (χ0v) is 14.6. The van der Waals surface area contributed by atoms with Crippen molar-refractivity contribution in [3.63, 3.8) is 0 Å². The van der Waals surface area contributed by atoms with Crippen LogP contribution in [0.15, 0.2) is 0 Å². The Hall–Kier alpha value is -0.160. The molecule has 0 amide bonds. The first-order chi connectivity index (χ1) is 11.4. The maximum absolute atomic E-state index is 10.9. The monoisotopic (exact) mass is 329 g/mol. The van der Waals surface area contributed by atoms with Crippen molar-refractivity contribution in [2.24, 2.45) is 34.0 Å². The molecule has 10 fully saturated rings. The molecule has 6 heterocycles. The normalized spacial score (nSPS) is 80.9. The molecule has 24 heavy (non-hydrogen) atoms. The third-order valence-corrected chi connectivity index (χ3v) is 10.4. The summed E-state index contributed by atoms with van der Waals surface area (Å²) in [6, 6.07) is 1.47. The van der Waals surface area contributed by atoms with E-state index in [-0.39, 0.29) is 23.4 Å². The Morgan fingerprint density at radius 3 is 2.83 bits per heavy atom. The summed E-state index contributed by atoms with van der Waals surface area (Å²) >= 11 is 0. The minimum Gasteiger partial charge on any atom is -0.393 e. The number of piperidine rings is 2. The highest BCUT2D eigenvalue weighted by Gasteiger charge is 2.91. The van der Waals surface area contributed by atoms with Crippen molar-refractivity contribution in [3.05, 3.63) is 0 Å². The molecule has 4 nitrogen and oxygen atoms in total. The van der Waals surface area contributed by atoms with E-state index in [1.807, 2.05) is 0 Å². The van der Waals surface area contributed by atoms with Crippen molar-refractivity contribution in [2.75, 3.05) is 6.54 Å². The van der Waals surface area contributed by atoms with Crippen LogP contribution in [0.4, 0.5) is 0 Å². The van der Waals surface area contributed by atoms with E-state index in [4.69, 9.17) is 9.47 Å². The Balaban J connectivity index is 1.44. The predicted molar refractivity (Wildman–Crippen MR) is 85.0 cm³/mol. The molecule has 0 aromatic rings. The fourth-order valence-corrected chi connectivity index (χ4v) is 11.1. The van der Waals surface area contributed by atoms with Gasteiger partial charge in [-0.05, 0) is 49.4 Å². The first-order valence-corrected chi connectivity index (χ1v) is 10.2. The van der Waals surface area contributed by atoms with Gasteiger partial charge >= 0.3 is 0 Å². The topological polar surface area (TPSA) is 41.9 Å². The van der Waals surface area contributed by atoms with Crippen molar-refractivity contribution >= 4 is 0 Å². The van der Waals surface area contributed by atoms with Crippen LogP contribution in [-0.4, -0.2) is 52.7 Å². The van der Waals surface area contributed by atoms with E-state index in [0.29, 0.717) is 34.8 Å². The van der Waals surface area contributed by atoms with Crippen LogP contribution in [0.5, 0.6) is 0 Å². The lowest BCUT2D eigenvalue weighted by molar-refractivity contribution is -0.407. The molecule has 0 radical (unpaired) electrons. The van der Waals surface area contributed by atoms with Gasteiger partial charge in [-0.15, -0.1) is 0 Å². The van der Waals surface area contributed by atoms with Crippen LogP contribution in [0, 0.1) is 34.0 Å². The second-order valence-corrected chi connectivity index (χ2v) is 11.4. The second-order valence-electron chi connectivity index (χ2n) is 11.4. The molecular formula is C20H27NO3. The van der Waals surface area contributed by atoms with E-state index >= 15 is 0 Å². The summed E-state index contributed by atoms with van der Waals surface area (Å²) in [6.07, 6.45) is 6.08. The Morgan fingerprint density at radius 2 is 1.96 bits per heavy atom. The maximum Gasteiger partial charge on any atom is 0.162 e. The second kappa shape index (κ2) is 3.15. The van der Waals surface area contributed by atoms with Crippen LogP contribution in [-0.2, 0) is 9.47 Å². The summed E-state index contributed by atoms with van der Waals surface area (Å²) in [5.41, 5.74) is 1.12. The van der Waals surface area contributed by atoms with Gasteiger partial charge in [0.25, 0.3) is 0 Å². The number of hydrogen-bond donors (Lipinski definition) is 1.